The van der Waals surface area contributed by atoms with Gasteiger partial charge in [0, 0.05) is 34.6 Å². The van der Waals surface area contributed by atoms with Gasteiger partial charge in [0.2, 0.25) is 11.8 Å². The minimum Gasteiger partial charge on any atom is -0.356 e. The maximum atomic E-state index is 13.6. The Kier molecular flexibility index (Phi) is 6.15. The second-order valence-electron chi connectivity index (χ2n) is 9.21. The number of hydrogen-bond donors (Lipinski definition) is 1. The van der Waals surface area contributed by atoms with Crippen molar-refractivity contribution < 1.29 is 9.59 Å². The molecule has 3 heterocycles. The smallest absolute Gasteiger partial charge is 0.246 e. The summed E-state index contributed by atoms with van der Waals surface area (Å²) in [5.74, 6) is 0.0809. The molecule has 6 heteroatoms. The number of para-hydroxylation sites is 1. The summed E-state index contributed by atoms with van der Waals surface area (Å²) in [6.07, 6.45) is 6.18. The molecule has 5 nitrogen and oxygen atoms in total. The quantitative estimate of drug-likeness (QED) is 0.472. The van der Waals surface area contributed by atoms with Gasteiger partial charge in [-0.15, -0.1) is 0 Å². The SMILES string of the molecule is CCCCCCCN1CC(=O)N2[C@@H](c3ccc(Cl)cc3)c3[nH]c4ccccc4c3C[C@H]2C1=O. The van der Waals surface area contributed by atoms with E-state index in [0.717, 1.165) is 40.6 Å². The van der Waals surface area contributed by atoms with Crippen LogP contribution in [-0.4, -0.2) is 45.7 Å². The number of nitrogens with one attached hydrogen (secondary N) is 1. The van der Waals surface area contributed by atoms with Gasteiger partial charge in [-0.25, -0.2) is 0 Å². The van der Waals surface area contributed by atoms with E-state index in [1.807, 2.05) is 41.3 Å². The molecular formula is C27H30ClN3O2. The average Bonchev–Trinajstić information content (AvgIpc) is 3.20. The summed E-state index contributed by atoms with van der Waals surface area (Å²) in [4.78, 5) is 34.3. The lowest BCUT2D eigenvalue weighted by atomic mass is 9.86. The second kappa shape index (κ2) is 9.22. The van der Waals surface area contributed by atoms with Crippen molar-refractivity contribution in [2.75, 3.05) is 13.1 Å². The first kappa shape index (κ1) is 22.0. The molecule has 1 saturated heterocycles. The summed E-state index contributed by atoms with van der Waals surface area (Å²) in [5, 5.41) is 1.78. The van der Waals surface area contributed by atoms with E-state index in [-0.39, 0.29) is 24.4 Å². The third-order valence-electron chi connectivity index (χ3n) is 7.06. The number of H-pyrrole nitrogens is 1. The number of carbonyl (C=O) groups excluding carboxylic acids is 2. The number of unbranched alkanes of at least 4 members (excludes halogenated alkanes) is 4. The molecule has 33 heavy (non-hydrogen) atoms. The Bertz CT molecular complexity index is 1170. The van der Waals surface area contributed by atoms with E-state index in [4.69, 9.17) is 11.6 Å². The maximum Gasteiger partial charge on any atom is 0.246 e. The van der Waals surface area contributed by atoms with E-state index >= 15 is 0 Å². The van der Waals surface area contributed by atoms with Crippen molar-refractivity contribution in [3.05, 3.63) is 70.4 Å². The molecular weight excluding hydrogens is 434 g/mol. The first-order valence-electron chi connectivity index (χ1n) is 12.0. The van der Waals surface area contributed by atoms with Crippen LogP contribution >= 0.6 is 11.6 Å². The van der Waals surface area contributed by atoms with Crippen LogP contribution in [0.3, 0.4) is 0 Å². The molecule has 2 aromatic carbocycles. The fourth-order valence-electron chi connectivity index (χ4n) is 5.41. The van der Waals surface area contributed by atoms with Crippen LogP contribution in [0.4, 0.5) is 0 Å². The number of halogens is 1. The number of benzene rings is 2. The Hall–Kier alpha value is -2.79. The number of fused-ring (bicyclic) bond motifs is 4. The van der Waals surface area contributed by atoms with Gasteiger partial charge in [-0.3, -0.25) is 9.59 Å². The molecule has 172 valence electrons. The zero-order chi connectivity index (χ0) is 22.9. The monoisotopic (exact) mass is 463 g/mol. The van der Waals surface area contributed by atoms with Crippen molar-refractivity contribution in [3.8, 4) is 0 Å². The molecule has 1 N–H and O–H groups in total. The number of nitrogens with zero attached hydrogens (tertiary/aromatic N) is 2. The second-order valence-corrected chi connectivity index (χ2v) is 9.65. The molecule has 0 saturated carbocycles. The van der Waals surface area contributed by atoms with Crippen LogP contribution < -0.4 is 0 Å². The standard InChI is InChI=1S/C27H30ClN3O2/c1-2-3-4-5-8-15-30-17-24(32)31-23(27(30)33)16-21-20-9-6-7-10-22(20)29-25(21)26(31)18-11-13-19(28)14-12-18/h6-7,9-14,23,26,29H,2-5,8,15-17H2,1H3/t23-,26-/m0/s1. The van der Waals surface area contributed by atoms with Crippen molar-refractivity contribution in [2.45, 2.75) is 57.5 Å². The highest BCUT2D eigenvalue weighted by Gasteiger charge is 2.47. The van der Waals surface area contributed by atoms with Crippen LogP contribution in [0.2, 0.25) is 5.02 Å². The van der Waals surface area contributed by atoms with Crippen molar-refractivity contribution in [1.82, 2.24) is 14.8 Å². The highest BCUT2D eigenvalue weighted by atomic mass is 35.5. The summed E-state index contributed by atoms with van der Waals surface area (Å²) in [5.41, 5.74) is 4.14. The van der Waals surface area contributed by atoms with E-state index in [1.54, 1.807) is 4.90 Å². The highest BCUT2D eigenvalue weighted by molar-refractivity contribution is 6.30. The van der Waals surface area contributed by atoms with Crippen molar-refractivity contribution >= 4 is 34.3 Å². The molecule has 2 atom stereocenters. The van der Waals surface area contributed by atoms with Gasteiger partial charge in [0.1, 0.15) is 6.04 Å². The third-order valence-corrected chi connectivity index (χ3v) is 7.31. The topological polar surface area (TPSA) is 56.4 Å². The van der Waals surface area contributed by atoms with E-state index in [1.165, 1.54) is 19.3 Å². The Morgan fingerprint density at radius 2 is 1.76 bits per heavy atom. The molecule has 0 spiro atoms. The molecule has 0 radical (unpaired) electrons. The minimum absolute atomic E-state index is 0.0115. The first-order valence-corrected chi connectivity index (χ1v) is 12.4. The van der Waals surface area contributed by atoms with Gasteiger partial charge >= 0.3 is 0 Å². The van der Waals surface area contributed by atoms with Gasteiger partial charge in [0.05, 0.1) is 12.6 Å². The lowest BCUT2D eigenvalue weighted by Gasteiger charge is -2.47. The largest absolute Gasteiger partial charge is 0.356 e. The Labute approximate surface area is 199 Å². The first-order chi connectivity index (χ1) is 16.1. The maximum absolute atomic E-state index is 13.6. The lowest BCUT2D eigenvalue weighted by molar-refractivity contribution is -0.158. The van der Waals surface area contributed by atoms with Crippen LogP contribution in [0, 0.1) is 0 Å². The fourth-order valence-corrected chi connectivity index (χ4v) is 5.54. The molecule has 0 bridgehead atoms. The molecule has 5 rings (SSSR count). The zero-order valence-electron chi connectivity index (χ0n) is 19.0. The molecule has 0 aliphatic carbocycles. The summed E-state index contributed by atoms with van der Waals surface area (Å²) < 4.78 is 0. The third kappa shape index (κ3) is 4.04. The van der Waals surface area contributed by atoms with Crippen LogP contribution in [0.15, 0.2) is 48.5 Å². The van der Waals surface area contributed by atoms with Crippen molar-refractivity contribution in [1.29, 1.82) is 0 Å². The van der Waals surface area contributed by atoms with Crippen LogP contribution in [-0.2, 0) is 16.0 Å². The molecule has 1 fully saturated rings. The van der Waals surface area contributed by atoms with E-state index in [2.05, 4.69) is 24.0 Å². The number of aromatic nitrogens is 1. The Morgan fingerprint density at radius 3 is 2.55 bits per heavy atom. The predicted molar refractivity (Wildman–Crippen MR) is 131 cm³/mol. The molecule has 2 amide bonds. The minimum atomic E-state index is -0.478. The van der Waals surface area contributed by atoms with Gasteiger partial charge in [0.25, 0.3) is 0 Å². The number of amides is 2. The summed E-state index contributed by atoms with van der Waals surface area (Å²) >= 11 is 6.15. The summed E-state index contributed by atoms with van der Waals surface area (Å²) in [7, 11) is 0. The molecule has 0 unspecified atom stereocenters. The zero-order valence-corrected chi connectivity index (χ0v) is 19.8. The van der Waals surface area contributed by atoms with Crippen molar-refractivity contribution in [3.63, 3.8) is 0 Å². The Morgan fingerprint density at radius 1 is 1.00 bits per heavy atom. The predicted octanol–water partition coefficient (Wildman–Crippen LogP) is 5.48. The van der Waals surface area contributed by atoms with Gasteiger partial charge < -0.3 is 14.8 Å². The van der Waals surface area contributed by atoms with Gasteiger partial charge in [-0.1, -0.05) is 74.5 Å². The number of carbonyl (C=O) groups is 2. The average molecular weight is 464 g/mol. The van der Waals surface area contributed by atoms with Crippen LogP contribution in [0.5, 0.6) is 0 Å². The van der Waals surface area contributed by atoms with E-state index in [9.17, 15) is 9.59 Å². The summed E-state index contributed by atoms with van der Waals surface area (Å²) in [6.45, 7) is 3.01. The molecule has 2 aliphatic rings. The number of aromatic amines is 1. The van der Waals surface area contributed by atoms with E-state index < -0.39 is 6.04 Å². The fraction of sp³-hybridized carbons (Fsp3) is 0.407. The van der Waals surface area contributed by atoms with Crippen LogP contribution in [0.25, 0.3) is 10.9 Å². The molecule has 3 aromatic rings. The normalized spacial score (nSPS) is 20.3. The van der Waals surface area contributed by atoms with Gasteiger partial charge in [-0.05, 0) is 35.7 Å². The summed E-state index contributed by atoms with van der Waals surface area (Å²) in [6, 6.07) is 15.0. The van der Waals surface area contributed by atoms with Crippen molar-refractivity contribution in [2.24, 2.45) is 0 Å². The number of rotatable bonds is 7. The van der Waals surface area contributed by atoms with Gasteiger partial charge in [0.15, 0.2) is 0 Å². The number of hydrogen-bond acceptors (Lipinski definition) is 2. The highest BCUT2D eigenvalue weighted by Crippen LogP contribution is 2.42. The number of piperazine rings is 1. The Balaban J connectivity index is 1.51. The lowest BCUT2D eigenvalue weighted by Crippen LogP contribution is -2.63. The van der Waals surface area contributed by atoms with Crippen LogP contribution in [0.1, 0.15) is 61.9 Å². The van der Waals surface area contributed by atoms with E-state index in [0.29, 0.717) is 18.0 Å². The molecule has 2 aliphatic heterocycles. The molecule has 1 aromatic heterocycles. The van der Waals surface area contributed by atoms with Gasteiger partial charge in [-0.2, -0.15) is 0 Å².